The smallest absolute Gasteiger partial charge is 0.305 e. The number of ether oxygens (including phenoxy) is 3. The highest BCUT2D eigenvalue weighted by Crippen LogP contribution is 2.22. The fourth-order valence-corrected chi connectivity index (χ4v) is 7.79. The molecule has 0 bridgehead atoms. The molecule has 0 aliphatic carbocycles. The van der Waals surface area contributed by atoms with E-state index in [1.165, 1.54) is 83.5 Å². The third-order valence-electron chi connectivity index (χ3n) is 12.1. The number of nitrogens with one attached hydrogen (secondary N) is 1. The van der Waals surface area contributed by atoms with Crippen LogP contribution in [-0.4, -0.2) is 100 Å². The van der Waals surface area contributed by atoms with E-state index in [2.05, 4.69) is 67.8 Å². The zero-order valence-electron chi connectivity index (χ0n) is 41.6. The van der Waals surface area contributed by atoms with Crippen molar-refractivity contribution in [2.75, 3.05) is 19.8 Å². The molecule has 7 unspecified atom stereocenters. The standard InChI is InChI=1S/C55H97NO10/c1-3-5-7-9-11-13-14-15-20-23-27-31-35-39-43-51(60)64-44-40-36-32-28-24-21-18-16-17-19-22-26-30-34-38-42-50(59)56-47(48(58)41-37-33-29-25-12-10-8-6-4-2)46-65-55-54(63)53(62)52(61)49(45-57)66-55/h12,14-16,18,21,24-25,37,41,47-49,52-55,57-58,61-63H,3-11,13,17,19-20,22-23,26-36,38-40,42-46H2,1-2H3,(H,56,59)/b15-14-,18-16-,24-21-,25-12+,41-37+. The Hall–Kier alpha value is -2.64. The summed E-state index contributed by atoms with van der Waals surface area (Å²) in [5.74, 6) is -0.271. The maximum Gasteiger partial charge on any atom is 0.305 e. The second-order valence-corrected chi connectivity index (χ2v) is 18.2. The Kier molecular flexibility index (Phi) is 41.7. The van der Waals surface area contributed by atoms with Crippen LogP contribution >= 0.6 is 0 Å². The Bertz CT molecular complexity index is 1280. The van der Waals surface area contributed by atoms with Crippen molar-refractivity contribution in [1.29, 1.82) is 0 Å². The van der Waals surface area contributed by atoms with Crippen LogP contribution in [0.2, 0.25) is 0 Å². The van der Waals surface area contributed by atoms with E-state index in [0.29, 0.717) is 19.4 Å². The van der Waals surface area contributed by atoms with Gasteiger partial charge in [-0.3, -0.25) is 9.59 Å². The van der Waals surface area contributed by atoms with Gasteiger partial charge in [0.05, 0.1) is 32.0 Å². The SMILES string of the molecule is CCCCC/C=C/CC/C=C/C(O)C(COC1OC(CO)C(O)C(O)C1O)NC(=O)CCCCCCCC/C=C\C=C/CCCCCOC(=O)CCCCCCC/C=C\CCCCCCC. The molecular weight excluding hydrogens is 835 g/mol. The van der Waals surface area contributed by atoms with E-state index in [9.17, 15) is 35.1 Å². The average Bonchev–Trinajstić information content (AvgIpc) is 3.31. The van der Waals surface area contributed by atoms with Crippen LogP contribution < -0.4 is 5.32 Å². The van der Waals surface area contributed by atoms with Gasteiger partial charge in [-0.05, 0) is 103 Å². The molecule has 1 fully saturated rings. The number of carbonyl (C=O) groups is 2. The third kappa shape index (κ3) is 34.6. The predicted molar refractivity (Wildman–Crippen MR) is 269 cm³/mol. The van der Waals surface area contributed by atoms with Crippen molar-refractivity contribution in [3.8, 4) is 0 Å². The van der Waals surface area contributed by atoms with E-state index in [1.807, 2.05) is 6.08 Å². The molecule has 1 heterocycles. The number of aliphatic hydroxyl groups excluding tert-OH is 5. The molecule has 0 aromatic carbocycles. The summed E-state index contributed by atoms with van der Waals surface area (Å²) >= 11 is 0. The second-order valence-electron chi connectivity index (χ2n) is 18.2. The summed E-state index contributed by atoms with van der Waals surface area (Å²) in [6.07, 6.45) is 46.0. The van der Waals surface area contributed by atoms with Crippen LogP contribution in [0.3, 0.4) is 0 Å². The summed E-state index contributed by atoms with van der Waals surface area (Å²) in [6, 6.07) is -0.844. The summed E-state index contributed by atoms with van der Waals surface area (Å²) in [6.45, 7) is 4.16. The summed E-state index contributed by atoms with van der Waals surface area (Å²) in [4.78, 5) is 25.0. The first-order chi connectivity index (χ1) is 32.2. The van der Waals surface area contributed by atoms with Gasteiger partial charge in [-0.15, -0.1) is 0 Å². The van der Waals surface area contributed by atoms with Crippen LogP contribution in [0.1, 0.15) is 213 Å². The van der Waals surface area contributed by atoms with Gasteiger partial charge in [-0.1, -0.05) is 158 Å². The number of carbonyl (C=O) groups excluding carboxylic acids is 2. The van der Waals surface area contributed by atoms with Crippen LogP contribution in [0.5, 0.6) is 0 Å². The summed E-state index contributed by atoms with van der Waals surface area (Å²) in [5, 5.41) is 54.0. The van der Waals surface area contributed by atoms with Crippen LogP contribution in [0, 0.1) is 0 Å². The highest BCUT2D eigenvalue weighted by molar-refractivity contribution is 5.76. The van der Waals surface area contributed by atoms with Gasteiger partial charge in [0, 0.05) is 12.8 Å². The molecule has 0 aromatic rings. The Morgan fingerprint density at radius 2 is 1.03 bits per heavy atom. The lowest BCUT2D eigenvalue weighted by Crippen LogP contribution is -2.60. The van der Waals surface area contributed by atoms with E-state index in [1.54, 1.807) is 6.08 Å². The zero-order chi connectivity index (χ0) is 48.1. The molecule has 66 heavy (non-hydrogen) atoms. The van der Waals surface area contributed by atoms with Crippen molar-refractivity contribution >= 4 is 11.9 Å². The maximum absolute atomic E-state index is 12.9. The van der Waals surface area contributed by atoms with E-state index >= 15 is 0 Å². The number of unbranched alkanes of at least 4 members (excludes halogenated alkanes) is 23. The fourth-order valence-electron chi connectivity index (χ4n) is 7.79. The van der Waals surface area contributed by atoms with Gasteiger partial charge in [0.25, 0.3) is 0 Å². The largest absolute Gasteiger partial charge is 0.466 e. The summed E-state index contributed by atoms with van der Waals surface area (Å²) in [5.41, 5.74) is 0. The van der Waals surface area contributed by atoms with E-state index in [0.717, 1.165) is 103 Å². The molecule has 11 nitrogen and oxygen atoms in total. The minimum Gasteiger partial charge on any atom is -0.466 e. The van der Waals surface area contributed by atoms with Gasteiger partial charge in [0.15, 0.2) is 6.29 Å². The number of aliphatic hydroxyl groups is 5. The number of rotatable bonds is 44. The second kappa shape index (κ2) is 44.8. The lowest BCUT2D eigenvalue weighted by atomic mass is 9.99. The van der Waals surface area contributed by atoms with Crippen molar-refractivity contribution in [2.24, 2.45) is 0 Å². The van der Waals surface area contributed by atoms with Crippen LogP contribution in [0.25, 0.3) is 0 Å². The maximum atomic E-state index is 12.9. The Morgan fingerprint density at radius 3 is 1.62 bits per heavy atom. The molecule has 1 aliphatic rings. The highest BCUT2D eigenvalue weighted by atomic mass is 16.7. The summed E-state index contributed by atoms with van der Waals surface area (Å²) in [7, 11) is 0. The van der Waals surface area contributed by atoms with Crippen LogP contribution in [0.4, 0.5) is 0 Å². The third-order valence-corrected chi connectivity index (χ3v) is 12.1. The molecule has 11 heteroatoms. The quantitative estimate of drug-likeness (QED) is 0.0149. The number of hydrogen-bond donors (Lipinski definition) is 6. The Labute approximate surface area is 401 Å². The number of esters is 1. The Morgan fingerprint density at radius 1 is 0.561 bits per heavy atom. The van der Waals surface area contributed by atoms with E-state index in [4.69, 9.17) is 14.2 Å². The van der Waals surface area contributed by atoms with Crippen molar-refractivity contribution in [2.45, 2.75) is 256 Å². The van der Waals surface area contributed by atoms with Crippen molar-refractivity contribution in [3.63, 3.8) is 0 Å². The highest BCUT2D eigenvalue weighted by Gasteiger charge is 2.44. The van der Waals surface area contributed by atoms with Gasteiger partial charge >= 0.3 is 5.97 Å². The monoisotopic (exact) mass is 932 g/mol. The molecule has 1 rings (SSSR count). The minimum absolute atomic E-state index is 0.0518. The molecule has 7 atom stereocenters. The molecule has 0 spiro atoms. The topological polar surface area (TPSA) is 175 Å². The lowest BCUT2D eigenvalue weighted by Gasteiger charge is -2.40. The average molecular weight is 932 g/mol. The van der Waals surface area contributed by atoms with Crippen molar-refractivity contribution in [3.05, 3.63) is 60.8 Å². The molecule has 1 aliphatic heterocycles. The predicted octanol–water partition coefficient (Wildman–Crippen LogP) is 11.1. The number of hydrogen-bond acceptors (Lipinski definition) is 10. The minimum atomic E-state index is -1.59. The number of allylic oxidation sites excluding steroid dienone is 9. The molecular formula is C55H97NO10. The fraction of sp³-hybridized carbons (Fsp3) is 0.782. The van der Waals surface area contributed by atoms with E-state index in [-0.39, 0.29) is 18.5 Å². The molecule has 0 saturated carbocycles. The molecule has 1 saturated heterocycles. The molecule has 0 aromatic heterocycles. The van der Waals surface area contributed by atoms with E-state index < -0.39 is 49.5 Å². The Balaban J connectivity index is 2.15. The van der Waals surface area contributed by atoms with Crippen molar-refractivity contribution in [1.82, 2.24) is 5.32 Å². The lowest BCUT2D eigenvalue weighted by molar-refractivity contribution is -0.302. The van der Waals surface area contributed by atoms with Gasteiger partial charge in [-0.25, -0.2) is 0 Å². The normalized spacial score (nSPS) is 20.1. The van der Waals surface area contributed by atoms with Crippen molar-refractivity contribution < 1.29 is 49.3 Å². The molecule has 382 valence electrons. The van der Waals surface area contributed by atoms with Gasteiger partial charge in [-0.2, -0.15) is 0 Å². The van der Waals surface area contributed by atoms with Gasteiger partial charge in [0.1, 0.15) is 24.4 Å². The van der Waals surface area contributed by atoms with Crippen LogP contribution in [-0.2, 0) is 23.8 Å². The van der Waals surface area contributed by atoms with Gasteiger partial charge in [0.2, 0.25) is 5.91 Å². The van der Waals surface area contributed by atoms with Gasteiger partial charge < -0.3 is 45.1 Å². The first-order valence-electron chi connectivity index (χ1n) is 26.6. The molecule has 0 radical (unpaired) electrons. The summed E-state index contributed by atoms with van der Waals surface area (Å²) < 4.78 is 16.6. The molecule has 6 N–H and O–H groups in total. The first kappa shape index (κ1) is 61.4. The molecule has 1 amide bonds. The number of amides is 1. The first-order valence-corrected chi connectivity index (χ1v) is 26.6. The zero-order valence-corrected chi connectivity index (χ0v) is 41.6. The van der Waals surface area contributed by atoms with Crippen LogP contribution in [0.15, 0.2) is 60.8 Å².